The van der Waals surface area contributed by atoms with Crippen LogP contribution in [0.2, 0.25) is 0 Å². The molecule has 3 aromatic rings. The minimum Gasteiger partial charge on any atom is -0.355 e. The molecule has 1 aliphatic heterocycles. The first-order valence-corrected chi connectivity index (χ1v) is 7.85. The number of benzene rings is 1. The summed E-state index contributed by atoms with van der Waals surface area (Å²) in [5.41, 5.74) is 2.15. The van der Waals surface area contributed by atoms with Crippen molar-refractivity contribution >= 4 is 27.4 Å². The third kappa shape index (κ3) is 1.96. The van der Waals surface area contributed by atoms with Crippen LogP contribution in [-0.4, -0.2) is 23.1 Å². The Bertz CT molecular complexity index is 730. The van der Waals surface area contributed by atoms with Gasteiger partial charge in [0.2, 0.25) is 0 Å². The Labute approximate surface area is 121 Å². The molecule has 0 spiro atoms. The second kappa shape index (κ2) is 4.87. The van der Waals surface area contributed by atoms with Crippen molar-refractivity contribution in [2.75, 3.05) is 18.0 Å². The number of hydrogen-bond donors (Lipinski definition) is 0. The molecule has 2 aromatic heterocycles. The molecule has 4 heteroatoms. The lowest BCUT2D eigenvalue weighted by molar-refractivity contribution is 0.943. The van der Waals surface area contributed by atoms with Gasteiger partial charge in [-0.25, -0.2) is 9.97 Å². The molecular formula is C16H15N3S. The highest BCUT2D eigenvalue weighted by Crippen LogP contribution is 2.32. The monoisotopic (exact) mass is 281 g/mol. The second-order valence-electron chi connectivity index (χ2n) is 5.07. The molecule has 0 amide bonds. The Morgan fingerprint density at radius 3 is 2.55 bits per heavy atom. The zero-order valence-electron chi connectivity index (χ0n) is 11.1. The minimum atomic E-state index is 0.832. The second-order valence-corrected chi connectivity index (χ2v) is 5.98. The Balaban J connectivity index is 1.90. The van der Waals surface area contributed by atoms with Crippen LogP contribution in [-0.2, 0) is 0 Å². The van der Waals surface area contributed by atoms with Crippen molar-refractivity contribution in [3.8, 4) is 11.4 Å². The van der Waals surface area contributed by atoms with E-state index in [9.17, 15) is 0 Å². The summed E-state index contributed by atoms with van der Waals surface area (Å²) in [5, 5.41) is 2.10. The van der Waals surface area contributed by atoms with Crippen LogP contribution in [0.5, 0.6) is 0 Å². The number of rotatable bonds is 2. The standard InChI is InChI=1S/C16H15N3S/c1-2-6-12(7-3-1)15-17-13-8-11-20-14(13)16(18-15)19-9-4-5-10-19/h1-3,6-8,11H,4-5,9-10H2. The summed E-state index contributed by atoms with van der Waals surface area (Å²) >= 11 is 1.74. The smallest absolute Gasteiger partial charge is 0.162 e. The van der Waals surface area contributed by atoms with Crippen LogP contribution in [0.15, 0.2) is 41.8 Å². The SMILES string of the molecule is c1ccc(-c2nc(N3CCCC3)c3sccc3n2)cc1. The molecule has 100 valence electrons. The van der Waals surface area contributed by atoms with Crippen molar-refractivity contribution in [2.24, 2.45) is 0 Å². The van der Waals surface area contributed by atoms with E-state index in [2.05, 4.69) is 28.5 Å². The van der Waals surface area contributed by atoms with E-state index in [1.165, 1.54) is 17.5 Å². The fourth-order valence-corrected chi connectivity index (χ4v) is 3.56. The van der Waals surface area contributed by atoms with Crippen molar-refractivity contribution in [3.05, 3.63) is 41.8 Å². The lowest BCUT2D eigenvalue weighted by atomic mass is 10.2. The van der Waals surface area contributed by atoms with E-state index in [1.807, 2.05) is 18.2 Å². The Kier molecular flexibility index (Phi) is 2.89. The molecular weight excluding hydrogens is 266 g/mol. The lowest BCUT2D eigenvalue weighted by Gasteiger charge is -2.17. The van der Waals surface area contributed by atoms with Crippen LogP contribution < -0.4 is 4.90 Å². The largest absolute Gasteiger partial charge is 0.355 e. The number of hydrogen-bond acceptors (Lipinski definition) is 4. The fourth-order valence-electron chi connectivity index (χ4n) is 2.71. The molecule has 1 saturated heterocycles. The van der Waals surface area contributed by atoms with Gasteiger partial charge in [0, 0.05) is 18.7 Å². The highest BCUT2D eigenvalue weighted by Gasteiger charge is 2.19. The first kappa shape index (κ1) is 11.9. The Hall–Kier alpha value is -1.94. The third-order valence-electron chi connectivity index (χ3n) is 3.72. The highest BCUT2D eigenvalue weighted by atomic mass is 32.1. The number of thiophene rings is 1. The molecule has 1 aliphatic rings. The average molecular weight is 281 g/mol. The van der Waals surface area contributed by atoms with Gasteiger partial charge in [-0.15, -0.1) is 11.3 Å². The minimum absolute atomic E-state index is 0.832. The van der Waals surface area contributed by atoms with E-state index in [0.29, 0.717) is 0 Å². The van der Waals surface area contributed by atoms with Crippen LogP contribution >= 0.6 is 11.3 Å². The van der Waals surface area contributed by atoms with Gasteiger partial charge in [0.25, 0.3) is 0 Å². The molecule has 0 aliphatic carbocycles. The number of anilines is 1. The van der Waals surface area contributed by atoms with Gasteiger partial charge in [0.05, 0.1) is 10.2 Å². The predicted octanol–water partition coefficient (Wildman–Crippen LogP) is 3.96. The Morgan fingerprint density at radius 1 is 0.950 bits per heavy atom. The summed E-state index contributed by atoms with van der Waals surface area (Å²) in [4.78, 5) is 12.0. The number of aromatic nitrogens is 2. The van der Waals surface area contributed by atoms with E-state index in [1.54, 1.807) is 11.3 Å². The van der Waals surface area contributed by atoms with Crippen LogP contribution in [0.1, 0.15) is 12.8 Å². The normalized spacial score (nSPS) is 15.1. The van der Waals surface area contributed by atoms with Crippen LogP contribution in [0.25, 0.3) is 21.6 Å². The van der Waals surface area contributed by atoms with Gasteiger partial charge >= 0.3 is 0 Å². The van der Waals surface area contributed by atoms with Crippen molar-refractivity contribution in [1.29, 1.82) is 0 Å². The maximum absolute atomic E-state index is 4.85. The molecule has 3 heterocycles. The molecule has 0 bridgehead atoms. The zero-order valence-corrected chi connectivity index (χ0v) is 11.9. The van der Waals surface area contributed by atoms with Crippen molar-refractivity contribution in [1.82, 2.24) is 9.97 Å². The molecule has 0 saturated carbocycles. The van der Waals surface area contributed by atoms with E-state index in [0.717, 1.165) is 35.8 Å². The summed E-state index contributed by atoms with van der Waals surface area (Å²) in [5.74, 6) is 1.94. The lowest BCUT2D eigenvalue weighted by Crippen LogP contribution is -2.19. The van der Waals surface area contributed by atoms with Crippen LogP contribution in [0, 0.1) is 0 Å². The van der Waals surface area contributed by atoms with E-state index >= 15 is 0 Å². The van der Waals surface area contributed by atoms with Crippen molar-refractivity contribution in [3.63, 3.8) is 0 Å². The summed E-state index contributed by atoms with van der Waals surface area (Å²) in [6.07, 6.45) is 2.52. The maximum Gasteiger partial charge on any atom is 0.162 e. The van der Waals surface area contributed by atoms with E-state index < -0.39 is 0 Å². The molecule has 0 N–H and O–H groups in total. The van der Waals surface area contributed by atoms with Gasteiger partial charge in [-0.3, -0.25) is 0 Å². The van der Waals surface area contributed by atoms with Gasteiger partial charge in [-0.05, 0) is 24.3 Å². The van der Waals surface area contributed by atoms with Gasteiger partial charge in [-0.1, -0.05) is 30.3 Å². The molecule has 3 nitrogen and oxygen atoms in total. The third-order valence-corrected chi connectivity index (χ3v) is 4.62. The molecule has 0 atom stereocenters. The topological polar surface area (TPSA) is 29.0 Å². The maximum atomic E-state index is 4.85. The molecule has 4 rings (SSSR count). The number of nitrogens with zero attached hydrogens (tertiary/aromatic N) is 3. The molecule has 20 heavy (non-hydrogen) atoms. The van der Waals surface area contributed by atoms with Crippen LogP contribution in [0.4, 0.5) is 5.82 Å². The highest BCUT2D eigenvalue weighted by molar-refractivity contribution is 7.17. The average Bonchev–Trinajstić information content (AvgIpc) is 3.18. The number of fused-ring (bicyclic) bond motifs is 1. The van der Waals surface area contributed by atoms with Crippen LogP contribution in [0.3, 0.4) is 0 Å². The summed E-state index contributed by atoms with van der Waals surface area (Å²) in [6, 6.07) is 12.3. The predicted molar refractivity (Wildman–Crippen MR) is 84.3 cm³/mol. The quantitative estimate of drug-likeness (QED) is 0.712. The first-order valence-electron chi connectivity index (χ1n) is 6.97. The molecule has 1 fully saturated rings. The van der Waals surface area contributed by atoms with Gasteiger partial charge in [-0.2, -0.15) is 0 Å². The van der Waals surface area contributed by atoms with Gasteiger partial charge in [0.1, 0.15) is 0 Å². The van der Waals surface area contributed by atoms with Gasteiger partial charge in [0.15, 0.2) is 11.6 Å². The fraction of sp³-hybridized carbons (Fsp3) is 0.250. The Morgan fingerprint density at radius 2 is 1.75 bits per heavy atom. The first-order chi connectivity index (χ1) is 9.92. The van der Waals surface area contributed by atoms with Gasteiger partial charge < -0.3 is 4.90 Å². The molecule has 0 unspecified atom stereocenters. The van der Waals surface area contributed by atoms with Crippen molar-refractivity contribution < 1.29 is 0 Å². The van der Waals surface area contributed by atoms with E-state index in [4.69, 9.17) is 9.97 Å². The summed E-state index contributed by atoms with van der Waals surface area (Å²) in [6.45, 7) is 2.22. The zero-order chi connectivity index (χ0) is 13.4. The summed E-state index contributed by atoms with van der Waals surface area (Å²) < 4.78 is 1.21. The molecule has 1 aromatic carbocycles. The molecule has 0 radical (unpaired) electrons. The van der Waals surface area contributed by atoms with Crippen molar-refractivity contribution in [2.45, 2.75) is 12.8 Å². The summed E-state index contributed by atoms with van der Waals surface area (Å²) in [7, 11) is 0. The van der Waals surface area contributed by atoms with E-state index in [-0.39, 0.29) is 0 Å².